The average molecular weight is 320 g/mol. The number of hydrogen-bond acceptors (Lipinski definition) is 7. The van der Waals surface area contributed by atoms with E-state index in [1.165, 1.54) is 0 Å². The monoisotopic (exact) mass is 320 g/mol. The average Bonchev–Trinajstić information content (AvgIpc) is 2.50. The first-order valence-electron chi connectivity index (χ1n) is 7.65. The van der Waals surface area contributed by atoms with Crippen molar-refractivity contribution >= 4 is 5.97 Å². The van der Waals surface area contributed by atoms with E-state index in [1.54, 1.807) is 20.8 Å². The Hall–Kier alpha value is -0.730. The van der Waals surface area contributed by atoms with Gasteiger partial charge in [0.15, 0.2) is 6.29 Å². The van der Waals surface area contributed by atoms with Crippen molar-refractivity contribution in [3.63, 3.8) is 0 Å². The first-order chi connectivity index (χ1) is 10.2. The molecule has 1 saturated heterocycles. The Labute approximate surface area is 131 Å². The summed E-state index contributed by atoms with van der Waals surface area (Å²) in [4.78, 5) is 11.8. The summed E-state index contributed by atoms with van der Waals surface area (Å²) in [5.41, 5.74) is -0.547. The van der Waals surface area contributed by atoms with Gasteiger partial charge in [0.25, 0.3) is 0 Å². The van der Waals surface area contributed by atoms with Gasteiger partial charge in [0.2, 0.25) is 0 Å². The number of aliphatic hydroxyl groups excluding tert-OH is 3. The van der Waals surface area contributed by atoms with Crippen molar-refractivity contribution < 1.29 is 34.3 Å². The predicted molar refractivity (Wildman–Crippen MR) is 77.9 cm³/mol. The van der Waals surface area contributed by atoms with Gasteiger partial charge in [-0.3, -0.25) is 4.79 Å². The fraction of sp³-hybridized carbons (Fsp3) is 0.933. The van der Waals surface area contributed by atoms with Gasteiger partial charge < -0.3 is 29.5 Å². The molecule has 0 aromatic rings. The zero-order valence-corrected chi connectivity index (χ0v) is 13.7. The van der Waals surface area contributed by atoms with Crippen molar-refractivity contribution in [1.29, 1.82) is 0 Å². The van der Waals surface area contributed by atoms with E-state index in [2.05, 4.69) is 0 Å². The molecule has 0 bridgehead atoms. The number of carbonyl (C=O) groups excluding carboxylic acids is 1. The minimum atomic E-state index is -1.21. The highest BCUT2D eigenvalue weighted by Gasteiger charge is 2.42. The summed E-state index contributed by atoms with van der Waals surface area (Å²) in [6.45, 7) is 6.98. The topological polar surface area (TPSA) is 105 Å². The van der Waals surface area contributed by atoms with E-state index in [9.17, 15) is 20.1 Å². The third-order valence-electron chi connectivity index (χ3n) is 4.28. The smallest absolute Gasteiger partial charge is 0.311 e. The highest BCUT2D eigenvalue weighted by Crippen LogP contribution is 2.26. The van der Waals surface area contributed by atoms with Gasteiger partial charge in [0.05, 0.1) is 30.8 Å². The van der Waals surface area contributed by atoms with Crippen LogP contribution in [-0.4, -0.2) is 65.7 Å². The Kier molecular flexibility index (Phi) is 7.21. The normalized spacial score (nSPS) is 32.8. The van der Waals surface area contributed by atoms with Gasteiger partial charge in [-0.2, -0.15) is 0 Å². The fourth-order valence-corrected chi connectivity index (χ4v) is 2.05. The van der Waals surface area contributed by atoms with E-state index in [1.807, 2.05) is 6.92 Å². The van der Waals surface area contributed by atoms with Crippen molar-refractivity contribution in [3.05, 3.63) is 0 Å². The molecule has 0 aliphatic carbocycles. The molecule has 7 heteroatoms. The zero-order valence-electron chi connectivity index (χ0n) is 13.7. The van der Waals surface area contributed by atoms with E-state index < -0.39 is 35.9 Å². The van der Waals surface area contributed by atoms with Crippen LogP contribution >= 0.6 is 0 Å². The molecule has 1 rings (SSSR count). The minimum absolute atomic E-state index is 0.0320. The van der Waals surface area contributed by atoms with Gasteiger partial charge in [-0.1, -0.05) is 13.8 Å². The predicted octanol–water partition coefficient (Wildman–Crippen LogP) is 0.0575. The number of esters is 1. The van der Waals surface area contributed by atoms with Gasteiger partial charge in [-0.25, -0.2) is 0 Å². The van der Waals surface area contributed by atoms with Crippen molar-refractivity contribution in [2.24, 2.45) is 11.3 Å². The summed E-state index contributed by atoms with van der Waals surface area (Å²) in [5, 5.41) is 29.0. The number of hydrogen-bond donors (Lipinski definition) is 3. The molecule has 1 aliphatic rings. The van der Waals surface area contributed by atoms with Crippen molar-refractivity contribution in [3.8, 4) is 0 Å². The number of ether oxygens (including phenoxy) is 3. The highest BCUT2D eigenvalue weighted by molar-refractivity contribution is 5.75. The van der Waals surface area contributed by atoms with Crippen LogP contribution in [0, 0.1) is 11.3 Å². The summed E-state index contributed by atoms with van der Waals surface area (Å²) in [7, 11) is 0. The Balaban J connectivity index is 2.39. The maximum absolute atomic E-state index is 11.8. The summed E-state index contributed by atoms with van der Waals surface area (Å²) < 4.78 is 15.8. The van der Waals surface area contributed by atoms with Crippen molar-refractivity contribution in [2.45, 2.75) is 58.7 Å². The molecule has 0 aromatic carbocycles. The van der Waals surface area contributed by atoms with Crippen LogP contribution in [0.4, 0.5) is 0 Å². The molecule has 1 aliphatic heterocycles. The van der Waals surface area contributed by atoms with Crippen LogP contribution < -0.4 is 0 Å². The first-order valence-corrected chi connectivity index (χ1v) is 7.65. The largest absolute Gasteiger partial charge is 0.463 e. The maximum atomic E-state index is 11.8. The van der Waals surface area contributed by atoms with Crippen LogP contribution in [0.2, 0.25) is 0 Å². The van der Waals surface area contributed by atoms with E-state index in [-0.39, 0.29) is 25.8 Å². The summed E-state index contributed by atoms with van der Waals surface area (Å²) >= 11 is 0. The number of aliphatic hydroxyl groups is 3. The van der Waals surface area contributed by atoms with Gasteiger partial charge in [-0.15, -0.1) is 0 Å². The first kappa shape index (κ1) is 19.3. The van der Waals surface area contributed by atoms with E-state index in [4.69, 9.17) is 14.2 Å². The van der Waals surface area contributed by atoms with Gasteiger partial charge in [0.1, 0.15) is 12.7 Å². The van der Waals surface area contributed by atoms with Crippen LogP contribution in [0.5, 0.6) is 0 Å². The zero-order chi connectivity index (χ0) is 16.9. The van der Waals surface area contributed by atoms with Crippen molar-refractivity contribution in [2.75, 3.05) is 19.8 Å². The molecule has 130 valence electrons. The van der Waals surface area contributed by atoms with Gasteiger partial charge in [0, 0.05) is 5.92 Å². The Bertz CT molecular complexity index is 356. The highest BCUT2D eigenvalue weighted by atomic mass is 16.7. The Morgan fingerprint density at radius 2 is 1.86 bits per heavy atom. The lowest BCUT2D eigenvalue weighted by Gasteiger charge is -2.40. The second kappa shape index (κ2) is 8.21. The van der Waals surface area contributed by atoms with Crippen LogP contribution in [0.3, 0.4) is 0 Å². The van der Waals surface area contributed by atoms with Crippen LogP contribution in [-0.2, 0) is 19.0 Å². The second-order valence-corrected chi connectivity index (χ2v) is 6.31. The molecule has 0 saturated carbocycles. The Morgan fingerprint density at radius 3 is 2.41 bits per heavy atom. The van der Waals surface area contributed by atoms with Crippen molar-refractivity contribution in [1.82, 2.24) is 0 Å². The molecule has 1 heterocycles. The van der Waals surface area contributed by atoms with Crippen LogP contribution in [0.25, 0.3) is 0 Å². The molecule has 5 atom stereocenters. The molecular weight excluding hydrogens is 292 g/mol. The number of rotatable bonds is 7. The molecule has 2 unspecified atom stereocenters. The summed E-state index contributed by atoms with van der Waals surface area (Å²) in [6, 6.07) is 0. The standard InChI is InChI=1S/C15H28O7/c1-5-15(3,4)14(19)21-7-6-20-13-12(18)11(17)9(2)10(8-16)22-13/h9-13,16-18H,5-8H2,1-4H3/t9-,10?,11?,12+,13-/m0/s1. The molecule has 0 radical (unpaired) electrons. The molecule has 0 spiro atoms. The van der Waals surface area contributed by atoms with Gasteiger partial charge >= 0.3 is 5.97 Å². The second-order valence-electron chi connectivity index (χ2n) is 6.31. The lowest BCUT2D eigenvalue weighted by atomic mass is 9.91. The summed E-state index contributed by atoms with van der Waals surface area (Å²) in [5.74, 6) is -0.714. The lowest BCUT2D eigenvalue weighted by Crippen LogP contribution is -2.55. The van der Waals surface area contributed by atoms with Crippen LogP contribution in [0.1, 0.15) is 34.1 Å². The van der Waals surface area contributed by atoms with Gasteiger partial charge in [-0.05, 0) is 20.3 Å². The number of carbonyl (C=O) groups is 1. The molecule has 22 heavy (non-hydrogen) atoms. The summed E-state index contributed by atoms with van der Waals surface area (Å²) in [6.07, 6.45) is -3.25. The van der Waals surface area contributed by atoms with E-state index in [0.29, 0.717) is 6.42 Å². The lowest BCUT2D eigenvalue weighted by molar-refractivity contribution is -0.289. The van der Waals surface area contributed by atoms with E-state index in [0.717, 1.165) is 0 Å². The molecule has 0 aromatic heterocycles. The molecular formula is C15H28O7. The third kappa shape index (κ3) is 4.63. The third-order valence-corrected chi connectivity index (χ3v) is 4.28. The maximum Gasteiger partial charge on any atom is 0.311 e. The molecule has 7 nitrogen and oxygen atoms in total. The SMILES string of the molecule is CCC(C)(C)C(=O)OCCO[C@H]1OC(CO)[C@H](C)C(O)[C@H]1O. The minimum Gasteiger partial charge on any atom is -0.463 e. The van der Waals surface area contributed by atoms with Crippen LogP contribution in [0.15, 0.2) is 0 Å². The van der Waals surface area contributed by atoms with E-state index >= 15 is 0 Å². The molecule has 3 N–H and O–H groups in total. The quantitative estimate of drug-likeness (QED) is 0.450. The molecule has 1 fully saturated rings. The molecule has 0 amide bonds. The Morgan fingerprint density at radius 1 is 1.23 bits per heavy atom. The fourth-order valence-electron chi connectivity index (χ4n) is 2.05.